The van der Waals surface area contributed by atoms with Crippen LogP contribution in [0.25, 0.3) is 0 Å². The number of hydrogen-bond acceptors (Lipinski definition) is 5. The lowest BCUT2D eigenvalue weighted by atomic mass is 9.99. The number of carboxylic acid groups (broad SMARTS) is 1. The van der Waals surface area contributed by atoms with Gasteiger partial charge in [0.2, 0.25) is 0 Å². The molecule has 0 aliphatic heterocycles. The average Bonchev–Trinajstić information content (AvgIpc) is 2.91. The van der Waals surface area contributed by atoms with Crippen molar-refractivity contribution < 1.29 is 14.7 Å². The zero-order chi connectivity index (χ0) is 14.8. The van der Waals surface area contributed by atoms with Crippen LogP contribution in [0.2, 0.25) is 0 Å². The van der Waals surface area contributed by atoms with E-state index in [0.717, 1.165) is 25.7 Å². The van der Waals surface area contributed by atoms with E-state index in [1.807, 2.05) is 6.07 Å². The minimum absolute atomic E-state index is 0.0265. The standard InChI is InChI=1S/C14H13N3O3S/c18-13(10-7-8-3-1-2-4-9(8)21-10)17-12-11(14(19)20)15-5-6-16-12/h5-7H,1-4H2,(H,19,20)(H,16,17,18). The molecule has 0 saturated heterocycles. The normalized spacial score (nSPS) is 13.5. The summed E-state index contributed by atoms with van der Waals surface area (Å²) >= 11 is 1.47. The average molecular weight is 303 g/mol. The van der Waals surface area contributed by atoms with Crippen molar-refractivity contribution in [2.24, 2.45) is 0 Å². The zero-order valence-corrected chi connectivity index (χ0v) is 11.9. The number of thiophene rings is 1. The maximum absolute atomic E-state index is 12.2. The maximum atomic E-state index is 12.2. The summed E-state index contributed by atoms with van der Waals surface area (Å²) in [6.45, 7) is 0. The molecule has 0 atom stereocenters. The third kappa shape index (κ3) is 2.78. The summed E-state index contributed by atoms with van der Waals surface area (Å²) in [5.74, 6) is -1.58. The zero-order valence-electron chi connectivity index (χ0n) is 11.1. The van der Waals surface area contributed by atoms with Crippen LogP contribution in [-0.2, 0) is 12.8 Å². The molecule has 0 unspecified atom stereocenters. The Morgan fingerprint density at radius 3 is 2.71 bits per heavy atom. The van der Waals surface area contributed by atoms with Crippen LogP contribution in [0.3, 0.4) is 0 Å². The predicted molar refractivity (Wildman–Crippen MR) is 77.9 cm³/mol. The highest BCUT2D eigenvalue weighted by Gasteiger charge is 2.20. The molecule has 0 saturated carbocycles. The topological polar surface area (TPSA) is 92.2 Å². The number of anilines is 1. The van der Waals surface area contributed by atoms with E-state index in [0.29, 0.717) is 4.88 Å². The molecular formula is C14H13N3O3S. The molecule has 1 aliphatic carbocycles. The van der Waals surface area contributed by atoms with Gasteiger partial charge in [0.1, 0.15) is 0 Å². The number of fused-ring (bicyclic) bond motifs is 1. The Labute approximate surface area is 124 Å². The van der Waals surface area contributed by atoms with Crippen molar-refractivity contribution in [1.29, 1.82) is 0 Å². The Balaban J connectivity index is 1.83. The molecule has 2 aromatic heterocycles. The van der Waals surface area contributed by atoms with Gasteiger partial charge in [-0.25, -0.2) is 14.8 Å². The summed E-state index contributed by atoms with van der Waals surface area (Å²) in [4.78, 5) is 32.7. The fourth-order valence-corrected chi connectivity index (χ4v) is 3.51. The van der Waals surface area contributed by atoms with Crippen LogP contribution < -0.4 is 5.32 Å². The number of carbonyl (C=O) groups excluding carboxylic acids is 1. The lowest BCUT2D eigenvalue weighted by molar-refractivity contribution is 0.0691. The maximum Gasteiger partial charge on any atom is 0.358 e. The molecule has 6 nitrogen and oxygen atoms in total. The number of aromatic carboxylic acids is 1. The van der Waals surface area contributed by atoms with Crippen LogP contribution in [0.1, 0.15) is 43.4 Å². The minimum Gasteiger partial charge on any atom is -0.476 e. The van der Waals surface area contributed by atoms with Crippen LogP contribution in [0.5, 0.6) is 0 Å². The van der Waals surface area contributed by atoms with Crippen LogP contribution in [0.4, 0.5) is 5.82 Å². The molecule has 3 rings (SSSR count). The summed E-state index contributed by atoms with van der Waals surface area (Å²) in [5.41, 5.74) is 0.973. The molecule has 0 fully saturated rings. The quantitative estimate of drug-likeness (QED) is 0.908. The first kappa shape index (κ1) is 13.7. The van der Waals surface area contributed by atoms with E-state index in [4.69, 9.17) is 5.11 Å². The molecule has 2 aromatic rings. The third-order valence-electron chi connectivity index (χ3n) is 3.35. The lowest BCUT2D eigenvalue weighted by Crippen LogP contribution is -2.16. The lowest BCUT2D eigenvalue weighted by Gasteiger charge is -2.08. The molecule has 1 amide bonds. The number of carboxylic acids is 1. The van der Waals surface area contributed by atoms with Crippen molar-refractivity contribution in [1.82, 2.24) is 9.97 Å². The second-order valence-corrected chi connectivity index (χ2v) is 5.92. The summed E-state index contributed by atoms with van der Waals surface area (Å²) in [5, 5.41) is 11.6. The Morgan fingerprint density at radius 2 is 1.95 bits per heavy atom. The first-order valence-corrected chi connectivity index (χ1v) is 7.44. The Morgan fingerprint density at radius 1 is 1.19 bits per heavy atom. The van der Waals surface area contributed by atoms with Crippen molar-refractivity contribution in [2.45, 2.75) is 25.7 Å². The van der Waals surface area contributed by atoms with E-state index in [9.17, 15) is 9.59 Å². The smallest absolute Gasteiger partial charge is 0.358 e. The second-order valence-electron chi connectivity index (χ2n) is 4.78. The van der Waals surface area contributed by atoms with Crippen LogP contribution >= 0.6 is 11.3 Å². The molecule has 1 aliphatic rings. The third-order valence-corrected chi connectivity index (χ3v) is 4.59. The molecule has 7 heteroatoms. The van der Waals surface area contributed by atoms with Crippen LogP contribution in [-0.4, -0.2) is 27.0 Å². The first-order valence-electron chi connectivity index (χ1n) is 6.62. The number of rotatable bonds is 3. The number of carbonyl (C=O) groups is 2. The summed E-state index contributed by atoms with van der Waals surface area (Å²) in [7, 11) is 0. The van der Waals surface area contributed by atoms with Gasteiger partial charge in [0.15, 0.2) is 11.5 Å². The van der Waals surface area contributed by atoms with Gasteiger partial charge in [-0.05, 0) is 37.3 Å². The van der Waals surface area contributed by atoms with E-state index in [2.05, 4.69) is 15.3 Å². The van der Waals surface area contributed by atoms with Crippen molar-refractivity contribution in [3.63, 3.8) is 0 Å². The highest BCUT2D eigenvalue weighted by atomic mass is 32.1. The molecule has 108 valence electrons. The molecule has 0 radical (unpaired) electrons. The van der Waals surface area contributed by atoms with E-state index >= 15 is 0 Å². The van der Waals surface area contributed by atoms with E-state index in [1.165, 1.54) is 34.2 Å². The first-order chi connectivity index (χ1) is 10.1. The number of nitrogens with zero attached hydrogens (tertiary/aromatic N) is 2. The van der Waals surface area contributed by atoms with Crippen LogP contribution in [0.15, 0.2) is 18.5 Å². The minimum atomic E-state index is -1.22. The van der Waals surface area contributed by atoms with Gasteiger partial charge in [-0.3, -0.25) is 4.79 Å². The van der Waals surface area contributed by atoms with Gasteiger partial charge in [0.25, 0.3) is 5.91 Å². The van der Waals surface area contributed by atoms with Gasteiger partial charge >= 0.3 is 5.97 Å². The van der Waals surface area contributed by atoms with Gasteiger partial charge in [-0.15, -0.1) is 11.3 Å². The summed E-state index contributed by atoms with van der Waals surface area (Å²) in [6.07, 6.45) is 6.95. The molecule has 0 spiro atoms. The number of aryl methyl sites for hydroxylation is 2. The van der Waals surface area contributed by atoms with Crippen molar-refractivity contribution in [2.75, 3.05) is 5.32 Å². The molecule has 2 N–H and O–H groups in total. The molecule has 21 heavy (non-hydrogen) atoms. The monoisotopic (exact) mass is 303 g/mol. The second kappa shape index (κ2) is 5.61. The van der Waals surface area contributed by atoms with Gasteiger partial charge in [-0.2, -0.15) is 0 Å². The highest BCUT2D eigenvalue weighted by Crippen LogP contribution is 2.30. The summed E-state index contributed by atoms with van der Waals surface area (Å²) in [6, 6.07) is 1.89. The van der Waals surface area contributed by atoms with Gasteiger partial charge < -0.3 is 10.4 Å². The Hall–Kier alpha value is -2.28. The fraction of sp³-hybridized carbons (Fsp3) is 0.286. The highest BCUT2D eigenvalue weighted by molar-refractivity contribution is 7.14. The van der Waals surface area contributed by atoms with E-state index in [1.54, 1.807) is 0 Å². The molecule has 0 bridgehead atoms. The van der Waals surface area contributed by atoms with Crippen LogP contribution in [0, 0.1) is 0 Å². The van der Waals surface area contributed by atoms with Gasteiger partial charge in [-0.1, -0.05) is 0 Å². The molecular weight excluding hydrogens is 290 g/mol. The van der Waals surface area contributed by atoms with Crippen molar-refractivity contribution in [3.05, 3.63) is 39.5 Å². The predicted octanol–water partition coefficient (Wildman–Crippen LogP) is 2.37. The molecule has 0 aromatic carbocycles. The van der Waals surface area contributed by atoms with Crippen molar-refractivity contribution in [3.8, 4) is 0 Å². The number of amides is 1. The Bertz CT molecular complexity index is 688. The number of nitrogens with one attached hydrogen (secondary N) is 1. The number of hydrogen-bond donors (Lipinski definition) is 2. The fourth-order valence-electron chi connectivity index (χ4n) is 2.36. The van der Waals surface area contributed by atoms with E-state index < -0.39 is 5.97 Å². The van der Waals surface area contributed by atoms with E-state index in [-0.39, 0.29) is 17.4 Å². The molecule has 2 heterocycles. The van der Waals surface area contributed by atoms with Gasteiger partial charge in [0, 0.05) is 17.3 Å². The van der Waals surface area contributed by atoms with Crippen molar-refractivity contribution >= 4 is 29.0 Å². The SMILES string of the molecule is O=C(Nc1nccnc1C(=O)O)c1cc2c(s1)CCCC2. The van der Waals surface area contributed by atoms with Gasteiger partial charge in [0.05, 0.1) is 4.88 Å². The largest absolute Gasteiger partial charge is 0.476 e. The summed E-state index contributed by atoms with van der Waals surface area (Å²) < 4.78 is 0. The Kier molecular flexibility index (Phi) is 3.66. The number of aromatic nitrogens is 2.